The number of carbonyl (C=O) groups is 1. The zero-order valence-corrected chi connectivity index (χ0v) is 16.7. The molecule has 1 atom stereocenters. The van der Waals surface area contributed by atoms with Crippen molar-refractivity contribution in [2.75, 3.05) is 12.4 Å². The monoisotopic (exact) mass is 418 g/mol. The lowest BCUT2D eigenvalue weighted by Gasteiger charge is -2.17. The number of aromatic nitrogens is 1. The summed E-state index contributed by atoms with van der Waals surface area (Å²) >= 11 is 13.3. The van der Waals surface area contributed by atoms with Crippen LogP contribution < -0.4 is 10.1 Å². The maximum atomic E-state index is 12.9. The third-order valence-electron chi connectivity index (χ3n) is 3.70. The lowest BCUT2D eigenvalue weighted by molar-refractivity contribution is -0.115. The highest BCUT2D eigenvalue weighted by Crippen LogP contribution is 2.37. The number of thioether (sulfide) groups is 1. The van der Waals surface area contributed by atoms with E-state index >= 15 is 0 Å². The van der Waals surface area contributed by atoms with Gasteiger partial charge >= 0.3 is 0 Å². The first kappa shape index (κ1) is 19.5. The minimum Gasteiger partial charge on any atom is -0.497 e. The first-order chi connectivity index (χ1) is 13.0. The van der Waals surface area contributed by atoms with E-state index in [1.807, 2.05) is 36.4 Å². The quantitative estimate of drug-likeness (QED) is 0.508. The summed E-state index contributed by atoms with van der Waals surface area (Å²) in [6, 6.07) is 18.1. The number of ether oxygens (including phenoxy) is 1. The number of rotatable bonds is 6. The number of nitrogens with one attached hydrogen (secondary N) is 1. The van der Waals surface area contributed by atoms with Gasteiger partial charge in [-0.25, -0.2) is 4.98 Å². The average molecular weight is 419 g/mol. The van der Waals surface area contributed by atoms with Crippen LogP contribution >= 0.6 is 35.0 Å². The summed E-state index contributed by atoms with van der Waals surface area (Å²) in [5.74, 6) is 1.02. The van der Waals surface area contributed by atoms with Gasteiger partial charge in [-0.3, -0.25) is 4.79 Å². The Kier molecular flexibility index (Phi) is 6.61. The minimum absolute atomic E-state index is 0.187. The SMILES string of the molecule is COc1ccc(SC(C(=O)Nc2ccc(Cl)cn2)c2ccc(Cl)cc2)cc1. The fourth-order valence-electron chi connectivity index (χ4n) is 2.34. The van der Waals surface area contributed by atoms with E-state index in [0.29, 0.717) is 15.9 Å². The number of hydrogen-bond acceptors (Lipinski definition) is 4. The van der Waals surface area contributed by atoms with Gasteiger partial charge < -0.3 is 10.1 Å². The highest BCUT2D eigenvalue weighted by molar-refractivity contribution is 8.00. The highest BCUT2D eigenvalue weighted by atomic mass is 35.5. The normalized spacial score (nSPS) is 11.7. The second-order valence-corrected chi connectivity index (χ2v) is 7.63. The first-order valence-electron chi connectivity index (χ1n) is 8.04. The van der Waals surface area contributed by atoms with Gasteiger partial charge in [0.15, 0.2) is 0 Å². The standard InChI is InChI=1S/C20H16Cl2N2O2S/c1-26-16-7-9-17(10-8-16)27-19(13-2-4-14(21)5-3-13)20(25)24-18-11-6-15(22)12-23-18/h2-12,19H,1H3,(H,23,24,25). The van der Waals surface area contributed by atoms with Crippen LogP contribution in [-0.2, 0) is 4.79 Å². The van der Waals surface area contributed by atoms with Crippen molar-refractivity contribution in [2.24, 2.45) is 0 Å². The van der Waals surface area contributed by atoms with Crippen molar-refractivity contribution < 1.29 is 9.53 Å². The number of amides is 1. The molecule has 0 aliphatic carbocycles. The van der Waals surface area contributed by atoms with Gasteiger partial charge in [-0.2, -0.15) is 0 Å². The Bertz CT molecular complexity index is 901. The van der Waals surface area contributed by atoms with E-state index < -0.39 is 5.25 Å². The molecule has 0 bridgehead atoms. The molecule has 0 fully saturated rings. The molecule has 0 spiro atoms. The van der Waals surface area contributed by atoms with Crippen LogP contribution in [0.15, 0.2) is 71.8 Å². The molecule has 4 nitrogen and oxygen atoms in total. The van der Waals surface area contributed by atoms with Crippen LogP contribution in [0.3, 0.4) is 0 Å². The largest absolute Gasteiger partial charge is 0.497 e. The van der Waals surface area contributed by atoms with Gasteiger partial charge in [0.1, 0.15) is 16.8 Å². The smallest absolute Gasteiger partial charge is 0.243 e. The van der Waals surface area contributed by atoms with Crippen molar-refractivity contribution in [1.82, 2.24) is 4.98 Å². The summed E-state index contributed by atoms with van der Waals surface area (Å²) in [6.45, 7) is 0. The van der Waals surface area contributed by atoms with E-state index in [9.17, 15) is 4.79 Å². The van der Waals surface area contributed by atoms with Crippen molar-refractivity contribution in [3.8, 4) is 5.75 Å². The number of methoxy groups -OCH3 is 1. The molecule has 138 valence electrons. The Morgan fingerprint density at radius 2 is 1.67 bits per heavy atom. The summed E-state index contributed by atoms with van der Waals surface area (Å²) in [5.41, 5.74) is 0.840. The van der Waals surface area contributed by atoms with E-state index in [1.165, 1.54) is 18.0 Å². The maximum absolute atomic E-state index is 12.9. The second-order valence-electron chi connectivity index (χ2n) is 5.58. The Morgan fingerprint density at radius 1 is 1.00 bits per heavy atom. The molecule has 27 heavy (non-hydrogen) atoms. The van der Waals surface area contributed by atoms with Crippen molar-refractivity contribution in [2.45, 2.75) is 10.1 Å². The van der Waals surface area contributed by atoms with Gasteiger partial charge in [0, 0.05) is 16.1 Å². The van der Waals surface area contributed by atoms with E-state index in [1.54, 1.807) is 31.4 Å². The Morgan fingerprint density at radius 3 is 2.26 bits per heavy atom. The molecule has 1 N–H and O–H groups in total. The Labute approximate surface area is 171 Å². The van der Waals surface area contributed by atoms with Crippen LogP contribution in [0, 0.1) is 0 Å². The lowest BCUT2D eigenvalue weighted by Crippen LogP contribution is -2.19. The lowest BCUT2D eigenvalue weighted by atomic mass is 10.1. The summed E-state index contributed by atoms with van der Waals surface area (Å²) in [4.78, 5) is 18.0. The number of halogens is 2. The second kappa shape index (κ2) is 9.13. The van der Waals surface area contributed by atoms with Crippen molar-refractivity contribution in [3.05, 3.63) is 82.5 Å². The molecule has 0 aliphatic rings. The number of anilines is 1. The molecule has 1 amide bonds. The third kappa shape index (κ3) is 5.39. The van der Waals surface area contributed by atoms with E-state index in [0.717, 1.165) is 16.2 Å². The maximum Gasteiger partial charge on any atom is 0.243 e. The predicted molar refractivity (Wildman–Crippen MR) is 111 cm³/mol. The van der Waals surface area contributed by atoms with Crippen LogP contribution in [0.5, 0.6) is 5.75 Å². The molecule has 7 heteroatoms. The number of pyridine rings is 1. The molecule has 3 rings (SSSR count). The van der Waals surface area contributed by atoms with Gasteiger partial charge in [0.05, 0.1) is 12.1 Å². The van der Waals surface area contributed by atoms with Crippen molar-refractivity contribution in [1.29, 1.82) is 0 Å². The number of benzene rings is 2. The Balaban J connectivity index is 1.84. The first-order valence-corrected chi connectivity index (χ1v) is 9.67. The summed E-state index contributed by atoms with van der Waals surface area (Å²) in [7, 11) is 1.62. The third-order valence-corrected chi connectivity index (χ3v) is 5.44. The van der Waals surface area contributed by atoms with Crippen LogP contribution in [-0.4, -0.2) is 18.0 Å². The fraction of sp³-hybridized carbons (Fsp3) is 0.100. The number of nitrogens with zero attached hydrogens (tertiary/aromatic N) is 1. The molecule has 2 aromatic carbocycles. The highest BCUT2D eigenvalue weighted by Gasteiger charge is 2.22. The van der Waals surface area contributed by atoms with Gasteiger partial charge in [0.2, 0.25) is 5.91 Å². The van der Waals surface area contributed by atoms with Crippen LogP contribution in [0.25, 0.3) is 0 Å². The van der Waals surface area contributed by atoms with Crippen LogP contribution in [0.1, 0.15) is 10.8 Å². The predicted octanol–water partition coefficient (Wildman–Crippen LogP) is 5.87. The van der Waals surface area contributed by atoms with Gasteiger partial charge in [0.25, 0.3) is 0 Å². The van der Waals surface area contributed by atoms with E-state index in [-0.39, 0.29) is 5.91 Å². The molecular formula is C20H16Cl2N2O2S. The van der Waals surface area contributed by atoms with Crippen molar-refractivity contribution >= 4 is 46.7 Å². The summed E-state index contributed by atoms with van der Waals surface area (Å²) in [5, 5.41) is 3.49. The molecule has 1 heterocycles. The van der Waals surface area contributed by atoms with Gasteiger partial charge in [-0.1, -0.05) is 35.3 Å². The van der Waals surface area contributed by atoms with Crippen LogP contribution in [0.4, 0.5) is 5.82 Å². The molecule has 0 saturated carbocycles. The van der Waals surface area contributed by atoms with Crippen LogP contribution in [0.2, 0.25) is 10.0 Å². The van der Waals surface area contributed by atoms with E-state index in [2.05, 4.69) is 10.3 Å². The summed E-state index contributed by atoms with van der Waals surface area (Å²) in [6.07, 6.45) is 1.49. The molecular weight excluding hydrogens is 403 g/mol. The fourth-order valence-corrected chi connectivity index (χ4v) is 3.60. The average Bonchev–Trinajstić information content (AvgIpc) is 2.69. The molecule has 0 saturated heterocycles. The van der Waals surface area contributed by atoms with Gasteiger partial charge in [-0.15, -0.1) is 11.8 Å². The Hall–Kier alpha value is -2.21. The molecule has 1 unspecified atom stereocenters. The molecule has 0 radical (unpaired) electrons. The van der Waals surface area contributed by atoms with Crippen molar-refractivity contribution in [3.63, 3.8) is 0 Å². The number of hydrogen-bond donors (Lipinski definition) is 1. The zero-order valence-electron chi connectivity index (χ0n) is 14.4. The topological polar surface area (TPSA) is 51.2 Å². The number of carbonyl (C=O) groups excluding carboxylic acids is 1. The zero-order chi connectivity index (χ0) is 19.2. The van der Waals surface area contributed by atoms with Gasteiger partial charge in [-0.05, 0) is 54.1 Å². The molecule has 1 aromatic heterocycles. The molecule has 0 aliphatic heterocycles. The minimum atomic E-state index is -0.479. The van der Waals surface area contributed by atoms with E-state index in [4.69, 9.17) is 27.9 Å². The molecule has 3 aromatic rings. The summed E-state index contributed by atoms with van der Waals surface area (Å²) < 4.78 is 5.19.